The Bertz CT molecular complexity index is 1480. The van der Waals surface area contributed by atoms with Gasteiger partial charge in [-0.2, -0.15) is 5.26 Å². The van der Waals surface area contributed by atoms with Crippen molar-refractivity contribution in [1.82, 2.24) is 5.32 Å². The molecule has 4 aromatic rings. The van der Waals surface area contributed by atoms with Crippen molar-refractivity contribution in [2.75, 3.05) is 6.54 Å². The van der Waals surface area contributed by atoms with Crippen LogP contribution in [0.1, 0.15) is 69.8 Å². The highest BCUT2D eigenvalue weighted by Crippen LogP contribution is 2.46. The van der Waals surface area contributed by atoms with Crippen LogP contribution in [-0.2, 0) is 16.1 Å². The van der Waals surface area contributed by atoms with Crippen molar-refractivity contribution < 1.29 is 14.3 Å². The number of unbranched alkanes of at least 4 members (excludes halogenated alkanes) is 8. The summed E-state index contributed by atoms with van der Waals surface area (Å²) in [6.07, 6.45) is 9.51. The van der Waals surface area contributed by atoms with Gasteiger partial charge in [-0.3, -0.25) is 4.79 Å². The zero-order valence-electron chi connectivity index (χ0n) is 26.7. The van der Waals surface area contributed by atoms with Gasteiger partial charge in [-0.1, -0.05) is 166 Å². The number of benzene rings is 4. The largest absolute Gasteiger partial charge is 0.445 e. The van der Waals surface area contributed by atoms with Gasteiger partial charge in [0, 0.05) is 13.0 Å². The lowest BCUT2D eigenvalue weighted by Gasteiger charge is -2.30. The molecular formula is C40H45N2O3P. The molecule has 1 amide bonds. The highest BCUT2D eigenvalue weighted by Gasteiger charge is 2.32. The van der Waals surface area contributed by atoms with E-state index >= 15 is 0 Å². The number of rotatable bonds is 18. The Morgan fingerprint density at radius 3 is 1.46 bits per heavy atom. The van der Waals surface area contributed by atoms with Gasteiger partial charge in [0.2, 0.25) is 0 Å². The Morgan fingerprint density at radius 1 is 0.587 bits per heavy atom. The highest BCUT2D eigenvalue weighted by atomic mass is 31.2. The number of carbonyl (C=O) groups excluding carboxylic acids is 2. The minimum absolute atomic E-state index is 0.0371. The van der Waals surface area contributed by atoms with E-state index in [-0.39, 0.29) is 18.5 Å². The molecule has 0 aliphatic rings. The molecule has 0 atom stereocenters. The number of hydrogen-bond donors (Lipinski definition) is 1. The van der Waals surface area contributed by atoms with E-state index in [2.05, 4.69) is 47.8 Å². The Kier molecular flexibility index (Phi) is 14.4. The van der Waals surface area contributed by atoms with Crippen molar-refractivity contribution in [1.29, 1.82) is 5.26 Å². The average molecular weight is 633 g/mol. The molecule has 0 heterocycles. The molecule has 0 fully saturated rings. The van der Waals surface area contributed by atoms with Gasteiger partial charge >= 0.3 is 6.09 Å². The maximum atomic E-state index is 13.9. The van der Waals surface area contributed by atoms with Gasteiger partial charge in [0.1, 0.15) is 18.0 Å². The normalized spacial score (nSPS) is 10.9. The van der Waals surface area contributed by atoms with Gasteiger partial charge < -0.3 is 10.1 Å². The number of carbonyl (C=O) groups is 2. The molecular weight excluding hydrogens is 587 g/mol. The number of ketones is 1. The summed E-state index contributed by atoms with van der Waals surface area (Å²) in [5.74, 6) is -0.0371. The molecule has 0 saturated heterocycles. The third-order valence-corrected chi connectivity index (χ3v) is 12.4. The molecule has 0 aromatic heterocycles. The van der Waals surface area contributed by atoms with E-state index in [0.717, 1.165) is 66.4 Å². The Morgan fingerprint density at radius 2 is 1.00 bits per heavy atom. The van der Waals surface area contributed by atoms with Gasteiger partial charge in [0.05, 0.1) is 0 Å². The van der Waals surface area contributed by atoms with E-state index in [1.54, 1.807) is 0 Å². The van der Waals surface area contributed by atoms with Crippen molar-refractivity contribution in [2.45, 2.75) is 70.8 Å². The first-order chi connectivity index (χ1) is 22.7. The fourth-order valence-corrected chi connectivity index (χ4v) is 10.0. The molecule has 4 rings (SSSR count). The first kappa shape index (κ1) is 34.5. The minimum atomic E-state index is -2.65. The highest BCUT2D eigenvalue weighted by molar-refractivity contribution is 7.96. The van der Waals surface area contributed by atoms with Crippen molar-refractivity contribution in [3.63, 3.8) is 0 Å². The molecule has 0 spiro atoms. The summed E-state index contributed by atoms with van der Waals surface area (Å²) in [6.45, 7) is -1.73. The molecule has 0 bridgehead atoms. The van der Waals surface area contributed by atoms with Crippen molar-refractivity contribution in [3.05, 3.63) is 127 Å². The van der Waals surface area contributed by atoms with Crippen LogP contribution in [0.4, 0.5) is 4.79 Å². The SMILES string of the molecule is N#CC(C(=O)CCCCCCCCCCCNC(=O)OCc1ccccc1)=P(c1ccccc1)(c1ccccc1)c1ccccc1. The molecule has 238 valence electrons. The lowest BCUT2D eigenvalue weighted by molar-refractivity contribution is -0.112. The van der Waals surface area contributed by atoms with Crippen LogP contribution in [-0.4, -0.2) is 23.7 Å². The van der Waals surface area contributed by atoms with Crippen molar-refractivity contribution >= 4 is 40.0 Å². The summed E-state index contributed by atoms with van der Waals surface area (Å²) >= 11 is 0. The third-order valence-electron chi connectivity index (χ3n) is 8.20. The van der Waals surface area contributed by atoms with Crippen LogP contribution >= 0.6 is 6.89 Å². The number of nitriles is 1. The van der Waals surface area contributed by atoms with E-state index < -0.39 is 6.89 Å². The predicted molar refractivity (Wildman–Crippen MR) is 192 cm³/mol. The molecule has 1 N–H and O–H groups in total. The van der Waals surface area contributed by atoms with E-state index in [9.17, 15) is 14.9 Å². The van der Waals surface area contributed by atoms with Gasteiger partial charge in [-0.15, -0.1) is 0 Å². The van der Waals surface area contributed by atoms with Gasteiger partial charge in [0.15, 0.2) is 5.78 Å². The van der Waals surface area contributed by atoms with Crippen molar-refractivity contribution in [3.8, 4) is 6.07 Å². The van der Waals surface area contributed by atoms with Gasteiger partial charge in [-0.05, 0) is 41.2 Å². The van der Waals surface area contributed by atoms with E-state index in [4.69, 9.17) is 4.74 Å². The van der Waals surface area contributed by atoms with Gasteiger partial charge in [-0.25, -0.2) is 4.79 Å². The number of Topliss-reactive ketones (excluding diaryl/α,β-unsaturated/α-hetero) is 1. The van der Waals surface area contributed by atoms with Crippen LogP contribution < -0.4 is 21.2 Å². The molecule has 0 aliphatic heterocycles. The number of alkyl carbamates (subject to hydrolysis) is 1. The molecule has 0 unspecified atom stereocenters. The minimum Gasteiger partial charge on any atom is -0.445 e. The predicted octanol–water partition coefficient (Wildman–Crippen LogP) is 8.07. The number of nitrogens with one attached hydrogen (secondary N) is 1. The zero-order chi connectivity index (χ0) is 32.3. The third kappa shape index (κ3) is 9.80. The van der Waals surface area contributed by atoms with E-state index in [1.165, 1.54) is 12.8 Å². The van der Waals surface area contributed by atoms with Crippen molar-refractivity contribution in [2.24, 2.45) is 0 Å². The summed E-state index contributed by atoms with van der Waals surface area (Å²) in [6, 6.07) is 42.4. The maximum Gasteiger partial charge on any atom is 0.407 e. The smallest absolute Gasteiger partial charge is 0.407 e. The number of hydrogen-bond acceptors (Lipinski definition) is 4. The first-order valence-corrected chi connectivity index (χ1v) is 18.3. The van der Waals surface area contributed by atoms with Gasteiger partial charge in [0.25, 0.3) is 0 Å². The second-order valence-corrected chi connectivity index (χ2v) is 14.8. The molecule has 0 saturated carbocycles. The Labute approximate surface area is 274 Å². The quantitative estimate of drug-likeness (QED) is 0.0889. The maximum absolute atomic E-state index is 13.9. The standard InChI is InChI=1S/C40H45N2O3P/c41-32-39(46(35-24-14-9-15-25-35,36-26-16-10-17-27-36)37-28-18-11-19-29-37)38(43)30-20-6-4-2-1-3-5-7-21-31-42-40(44)45-33-34-22-12-8-13-23-34/h8-19,22-29H,1-7,20-21,30-31,33H2,(H,42,44). The summed E-state index contributed by atoms with van der Waals surface area (Å²) in [5.41, 5.74) is 0.979. The fourth-order valence-electron chi connectivity index (χ4n) is 5.84. The monoisotopic (exact) mass is 632 g/mol. The number of amides is 1. The molecule has 0 aliphatic carbocycles. The molecule has 4 aromatic carbocycles. The topological polar surface area (TPSA) is 79.2 Å². The first-order valence-electron chi connectivity index (χ1n) is 16.5. The van der Waals surface area contributed by atoms with Crippen LogP contribution in [0.15, 0.2) is 121 Å². The summed E-state index contributed by atoms with van der Waals surface area (Å²) in [7, 11) is 0. The average Bonchev–Trinajstić information content (AvgIpc) is 3.11. The molecule has 5 nitrogen and oxygen atoms in total. The number of nitrogens with zero attached hydrogens (tertiary/aromatic N) is 1. The second-order valence-electron chi connectivity index (χ2n) is 11.5. The van der Waals surface area contributed by atoms with Crippen LogP contribution in [0, 0.1) is 11.3 Å². The van der Waals surface area contributed by atoms with Crippen LogP contribution in [0.5, 0.6) is 0 Å². The van der Waals surface area contributed by atoms with Crippen LogP contribution in [0.25, 0.3) is 0 Å². The lowest BCUT2D eigenvalue weighted by Crippen LogP contribution is -2.33. The second kappa shape index (κ2) is 19.2. The van der Waals surface area contributed by atoms with Crippen LogP contribution in [0.3, 0.4) is 0 Å². The number of ether oxygens (including phenoxy) is 1. The summed E-state index contributed by atoms with van der Waals surface area (Å²) in [4.78, 5) is 25.7. The van der Waals surface area contributed by atoms with E-state index in [0.29, 0.717) is 18.3 Å². The summed E-state index contributed by atoms with van der Waals surface area (Å²) in [5, 5.41) is 16.9. The molecule has 0 radical (unpaired) electrons. The Hall–Kier alpha value is -4.39. The fraction of sp³-hybridized carbons (Fsp3) is 0.300. The molecule has 46 heavy (non-hydrogen) atoms. The lowest BCUT2D eigenvalue weighted by atomic mass is 10.0. The van der Waals surface area contributed by atoms with E-state index in [1.807, 2.05) is 84.9 Å². The summed E-state index contributed by atoms with van der Waals surface area (Å²) < 4.78 is 5.24. The molecule has 6 heteroatoms. The zero-order valence-corrected chi connectivity index (χ0v) is 27.5. The van der Waals surface area contributed by atoms with Crippen LogP contribution in [0.2, 0.25) is 0 Å². The Balaban J connectivity index is 1.22.